The molecule has 4 heteroatoms. The molecule has 0 amide bonds. The van der Waals surface area contributed by atoms with Crippen LogP contribution < -0.4 is 10.1 Å². The van der Waals surface area contributed by atoms with Crippen LogP contribution >= 0.6 is 0 Å². The summed E-state index contributed by atoms with van der Waals surface area (Å²) < 4.78 is 31.6. The number of alkyl halides is 2. The fourth-order valence-corrected chi connectivity index (χ4v) is 1.52. The molecule has 0 bridgehead atoms. The molecule has 0 heterocycles. The zero-order chi connectivity index (χ0) is 12.2. The molecule has 1 aromatic carbocycles. The predicted molar refractivity (Wildman–Crippen MR) is 60.2 cm³/mol. The summed E-state index contributed by atoms with van der Waals surface area (Å²) in [5.74, 6) is -2.64. The van der Waals surface area contributed by atoms with Crippen molar-refractivity contribution in [2.45, 2.75) is 19.3 Å². The van der Waals surface area contributed by atoms with Crippen molar-refractivity contribution in [3.05, 3.63) is 29.3 Å². The van der Waals surface area contributed by atoms with Gasteiger partial charge in [-0.1, -0.05) is 6.07 Å². The lowest BCUT2D eigenvalue weighted by atomic mass is 10.0. The first-order valence-corrected chi connectivity index (χ1v) is 5.19. The average Bonchev–Trinajstić information content (AvgIpc) is 2.24. The largest absolute Gasteiger partial charge is 0.496 e. The third-order valence-corrected chi connectivity index (χ3v) is 2.40. The Morgan fingerprint density at radius 2 is 2.06 bits per heavy atom. The van der Waals surface area contributed by atoms with Crippen LogP contribution in [0.1, 0.15) is 18.1 Å². The number of hydrogen-bond donors (Lipinski definition) is 1. The highest BCUT2D eigenvalue weighted by Gasteiger charge is 2.28. The molecule has 90 valence electrons. The summed E-state index contributed by atoms with van der Waals surface area (Å²) in [6.45, 7) is 1.65. The van der Waals surface area contributed by atoms with Crippen LogP contribution in [-0.2, 0) is 12.3 Å². The van der Waals surface area contributed by atoms with E-state index in [0.717, 1.165) is 25.5 Å². The fraction of sp³-hybridized carbons (Fsp3) is 0.500. The average molecular weight is 229 g/mol. The van der Waals surface area contributed by atoms with E-state index in [0.29, 0.717) is 0 Å². The van der Waals surface area contributed by atoms with Crippen molar-refractivity contribution in [3.63, 3.8) is 0 Å². The molecule has 0 aliphatic heterocycles. The maximum Gasteiger partial charge on any atom is 0.274 e. The van der Waals surface area contributed by atoms with Gasteiger partial charge in [0.1, 0.15) is 5.75 Å². The van der Waals surface area contributed by atoms with Gasteiger partial charge in [0.15, 0.2) is 0 Å². The van der Waals surface area contributed by atoms with Crippen molar-refractivity contribution < 1.29 is 13.5 Å². The summed E-state index contributed by atoms with van der Waals surface area (Å²) in [4.78, 5) is 0. The van der Waals surface area contributed by atoms with E-state index in [9.17, 15) is 8.78 Å². The standard InChI is InChI=1S/C12H17F2NO/c1-12(13,14)10-8-9(6-7-15-2)4-5-11(10)16-3/h4-5,8,15H,6-7H2,1-3H3. The Labute approximate surface area is 94.6 Å². The third-order valence-electron chi connectivity index (χ3n) is 2.40. The summed E-state index contributed by atoms with van der Waals surface area (Å²) in [7, 11) is 3.23. The number of rotatable bonds is 5. The van der Waals surface area contributed by atoms with E-state index in [-0.39, 0.29) is 11.3 Å². The highest BCUT2D eigenvalue weighted by Crippen LogP contribution is 2.35. The van der Waals surface area contributed by atoms with Crippen molar-refractivity contribution in [3.8, 4) is 5.75 Å². The van der Waals surface area contributed by atoms with Gasteiger partial charge < -0.3 is 10.1 Å². The minimum atomic E-state index is -2.87. The zero-order valence-corrected chi connectivity index (χ0v) is 9.81. The van der Waals surface area contributed by atoms with E-state index in [1.165, 1.54) is 13.2 Å². The summed E-state index contributed by atoms with van der Waals surface area (Å²) >= 11 is 0. The summed E-state index contributed by atoms with van der Waals surface area (Å²) in [5.41, 5.74) is 0.829. The van der Waals surface area contributed by atoms with Gasteiger partial charge >= 0.3 is 0 Å². The Morgan fingerprint density at radius 1 is 1.38 bits per heavy atom. The van der Waals surface area contributed by atoms with Gasteiger partial charge in [-0.3, -0.25) is 0 Å². The van der Waals surface area contributed by atoms with E-state index in [2.05, 4.69) is 5.32 Å². The van der Waals surface area contributed by atoms with E-state index < -0.39 is 5.92 Å². The van der Waals surface area contributed by atoms with Crippen molar-refractivity contribution >= 4 is 0 Å². The summed E-state index contributed by atoms with van der Waals surface area (Å²) in [6, 6.07) is 4.92. The molecular weight excluding hydrogens is 212 g/mol. The van der Waals surface area contributed by atoms with E-state index in [1.54, 1.807) is 6.07 Å². The Balaban J connectivity index is 3.02. The molecule has 1 aromatic rings. The number of likely N-dealkylation sites (N-methyl/N-ethyl adjacent to an activating group) is 1. The topological polar surface area (TPSA) is 21.3 Å². The second-order valence-corrected chi connectivity index (χ2v) is 3.78. The molecule has 1 rings (SSSR count). The molecule has 16 heavy (non-hydrogen) atoms. The SMILES string of the molecule is CNCCc1ccc(OC)c(C(C)(F)F)c1. The first-order chi connectivity index (χ1) is 7.49. The van der Waals surface area contributed by atoms with Crippen LogP contribution in [0.15, 0.2) is 18.2 Å². The molecule has 0 radical (unpaired) electrons. The maximum atomic E-state index is 13.3. The van der Waals surface area contributed by atoms with Crippen LogP contribution in [0.25, 0.3) is 0 Å². The quantitative estimate of drug-likeness (QED) is 0.837. The van der Waals surface area contributed by atoms with Gasteiger partial charge in [0.25, 0.3) is 5.92 Å². The van der Waals surface area contributed by atoms with Crippen LogP contribution in [0, 0.1) is 0 Å². The molecule has 0 unspecified atom stereocenters. The Hall–Kier alpha value is -1.16. The molecule has 2 nitrogen and oxygen atoms in total. The fourth-order valence-electron chi connectivity index (χ4n) is 1.52. The highest BCUT2D eigenvalue weighted by atomic mass is 19.3. The number of nitrogens with one attached hydrogen (secondary N) is 1. The van der Waals surface area contributed by atoms with Gasteiger partial charge in [0.2, 0.25) is 0 Å². The van der Waals surface area contributed by atoms with E-state index in [1.807, 2.05) is 13.1 Å². The summed E-state index contributed by atoms with van der Waals surface area (Å²) in [5, 5.41) is 2.98. The molecule has 0 aromatic heterocycles. The molecule has 0 aliphatic rings. The molecule has 0 spiro atoms. The minimum absolute atomic E-state index is 0.0522. The van der Waals surface area contributed by atoms with Crippen molar-refractivity contribution in [1.29, 1.82) is 0 Å². The number of halogens is 2. The normalized spacial score (nSPS) is 11.6. The van der Waals surface area contributed by atoms with Gasteiger partial charge in [-0.05, 0) is 37.7 Å². The van der Waals surface area contributed by atoms with Gasteiger partial charge in [-0.15, -0.1) is 0 Å². The smallest absolute Gasteiger partial charge is 0.274 e. The number of benzene rings is 1. The number of methoxy groups -OCH3 is 1. The molecular formula is C12H17F2NO. The van der Waals surface area contributed by atoms with Crippen LogP contribution in [-0.4, -0.2) is 20.7 Å². The molecule has 0 saturated carbocycles. The Morgan fingerprint density at radius 3 is 2.56 bits per heavy atom. The molecule has 1 N–H and O–H groups in total. The molecule has 0 aliphatic carbocycles. The Bertz CT molecular complexity index is 347. The van der Waals surface area contributed by atoms with Gasteiger partial charge in [0, 0.05) is 6.92 Å². The first-order valence-electron chi connectivity index (χ1n) is 5.19. The van der Waals surface area contributed by atoms with E-state index in [4.69, 9.17) is 4.74 Å². The van der Waals surface area contributed by atoms with Crippen LogP contribution in [0.4, 0.5) is 8.78 Å². The Kier molecular flexibility index (Phi) is 4.24. The first kappa shape index (κ1) is 12.9. The lowest BCUT2D eigenvalue weighted by Gasteiger charge is -2.16. The van der Waals surface area contributed by atoms with E-state index >= 15 is 0 Å². The van der Waals surface area contributed by atoms with Crippen LogP contribution in [0.2, 0.25) is 0 Å². The van der Waals surface area contributed by atoms with Gasteiger partial charge in [-0.2, -0.15) is 0 Å². The second kappa shape index (κ2) is 5.25. The maximum absolute atomic E-state index is 13.3. The van der Waals surface area contributed by atoms with Gasteiger partial charge in [-0.25, -0.2) is 8.78 Å². The molecule has 0 atom stereocenters. The third kappa shape index (κ3) is 3.17. The van der Waals surface area contributed by atoms with Crippen molar-refractivity contribution in [2.75, 3.05) is 20.7 Å². The second-order valence-electron chi connectivity index (χ2n) is 3.78. The van der Waals surface area contributed by atoms with Crippen LogP contribution in [0.5, 0.6) is 5.75 Å². The van der Waals surface area contributed by atoms with Crippen molar-refractivity contribution in [2.24, 2.45) is 0 Å². The lowest BCUT2D eigenvalue weighted by Crippen LogP contribution is -2.13. The van der Waals surface area contributed by atoms with Crippen LogP contribution in [0.3, 0.4) is 0 Å². The predicted octanol–water partition coefficient (Wildman–Crippen LogP) is 2.57. The molecule has 0 fully saturated rings. The zero-order valence-electron chi connectivity index (χ0n) is 9.81. The molecule has 0 saturated heterocycles. The number of ether oxygens (including phenoxy) is 1. The van der Waals surface area contributed by atoms with Gasteiger partial charge in [0.05, 0.1) is 12.7 Å². The minimum Gasteiger partial charge on any atom is -0.496 e. The monoisotopic (exact) mass is 229 g/mol. The lowest BCUT2D eigenvalue weighted by molar-refractivity contribution is 0.0150. The number of hydrogen-bond acceptors (Lipinski definition) is 2. The van der Waals surface area contributed by atoms with Crippen molar-refractivity contribution in [1.82, 2.24) is 5.32 Å². The highest BCUT2D eigenvalue weighted by molar-refractivity contribution is 5.40. The summed E-state index contributed by atoms with van der Waals surface area (Å²) in [6.07, 6.45) is 0.726.